The van der Waals surface area contributed by atoms with Crippen molar-refractivity contribution in [2.45, 2.75) is 6.92 Å². The molecule has 0 N–H and O–H groups in total. The minimum atomic E-state index is -2.97. The topological polar surface area (TPSA) is 3.24 Å². The average molecular weight is 81.2 g/mol. The summed E-state index contributed by atoms with van der Waals surface area (Å²) < 4.78 is 55.3. The third kappa shape index (κ3) is 3.96. The van der Waals surface area contributed by atoms with Crippen molar-refractivity contribution in [2.24, 2.45) is 0 Å². The maximum Gasteiger partial charge on any atom is 0.0427 e. The van der Waals surface area contributed by atoms with Crippen molar-refractivity contribution < 1.29 is 11.0 Å². The first kappa shape index (κ1) is 0.544. The maximum atomic E-state index is 7.07. The van der Waals surface area contributed by atoms with Gasteiger partial charge in [0.25, 0.3) is 0 Å². The predicted molar refractivity (Wildman–Crippen MR) is 24.2 cm³/mol. The third-order valence-electron chi connectivity index (χ3n) is 0.224. The van der Waals surface area contributed by atoms with Gasteiger partial charge < -0.3 is 4.90 Å². The molecule has 0 heterocycles. The van der Waals surface area contributed by atoms with Crippen LogP contribution in [0.5, 0.6) is 0 Å². The Bertz CT molecular complexity index is 139. The smallest absolute Gasteiger partial charge is 0.0427 e. The summed E-state index contributed by atoms with van der Waals surface area (Å²) in [4.78, 5) is -0.104. The van der Waals surface area contributed by atoms with E-state index in [4.69, 9.17) is 11.0 Å². The number of hydrogen-bond donors (Lipinski definition) is 0. The van der Waals surface area contributed by atoms with Gasteiger partial charge in [0.15, 0.2) is 0 Å². The van der Waals surface area contributed by atoms with Crippen LogP contribution in [-0.2, 0) is 0 Å². The first-order chi connectivity index (χ1) is 5.37. The Kier molecular flexibility index (Phi) is 0.241. The molecule has 0 aromatic rings. The summed E-state index contributed by atoms with van der Waals surface area (Å²) in [6.07, 6.45) is 0. The molecule has 0 atom stereocenters. The van der Waals surface area contributed by atoms with Crippen LogP contribution in [0.25, 0.3) is 0 Å². The Morgan fingerprint density at radius 2 is 2.60 bits per heavy atom. The summed E-state index contributed by atoms with van der Waals surface area (Å²) in [6.45, 7) is -7.45. The lowest BCUT2D eigenvalue weighted by atomic mass is 10.7. The van der Waals surface area contributed by atoms with Crippen LogP contribution in [0, 0.1) is 0 Å². The highest BCUT2D eigenvalue weighted by Crippen LogP contribution is 1.63. The standard InChI is InChI=1S/C4H11N/c1-4-5(2)3/h4H2,1-3H3/i2D3,3D3,4D2. The molecule has 0 radical (unpaired) electrons. The highest BCUT2D eigenvalue weighted by Gasteiger charge is 1.72. The van der Waals surface area contributed by atoms with E-state index in [1.54, 1.807) is 0 Å². The van der Waals surface area contributed by atoms with Gasteiger partial charge in [0, 0.05) is 11.0 Å². The van der Waals surface area contributed by atoms with Gasteiger partial charge in [-0.05, 0) is 20.4 Å². The highest BCUT2D eigenvalue weighted by molar-refractivity contribution is 4.25. The number of nitrogens with zero attached hydrogens (tertiary/aromatic N) is 1. The van der Waals surface area contributed by atoms with E-state index in [0.29, 0.717) is 0 Å². The van der Waals surface area contributed by atoms with Gasteiger partial charge >= 0.3 is 0 Å². The van der Waals surface area contributed by atoms with E-state index in [-0.39, 0.29) is 4.90 Å². The molecule has 0 aromatic heterocycles. The summed E-state index contributed by atoms with van der Waals surface area (Å²) in [7, 11) is 0. The van der Waals surface area contributed by atoms with Gasteiger partial charge in [-0.1, -0.05) is 6.92 Å². The second kappa shape index (κ2) is 2.21. The third-order valence-corrected chi connectivity index (χ3v) is 0.224. The van der Waals surface area contributed by atoms with Crippen molar-refractivity contribution in [1.29, 1.82) is 0 Å². The lowest BCUT2D eigenvalue weighted by Crippen LogP contribution is -2.08. The molecule has 0 rings (SSSR count). The Hall–Kier alpha value is -0.0400. The van der Waals surface area contributed by atoms with Gasteiger partial charge in [-0.3, -0.25) is 0 Å². The first-order valence-corrected chi connectivity index (χ1v) is 1.17. The molecule has 0 aromatic carbocycles. The van der Waals surface area contributed by atoms with Crippen molar-refractivity contribution in [3.63, 3.8) is 0 Å². The minimum absolute atomic E-state index is 0.104. The van der Waals surface area contributed by atoms with Crippen molar-refractivity contribution in [1.82, 2.24) is 4.90 Å². The van der Waals surface area contributed by atoms with E-state index < -0.39 is 20.4 Å². The number of hydrogen-bond acceptors (Lipinski definition) is 1. The molecule has 0 amide bonds. The van der Waals surface area contributed by atoms with E-state index in [9.17, 15) is 0 Å². The van der Waals surface area contributed by atoms with Crippen molar-refractivity contribution in [3.8, 4) is 0 Å². The number of rotatable bonds is 1. The fourth-order valence-electron chi connectivity index (χ4n) is 0. The molecule has 0 saturated heterocycles. The normalized spacial score (nSPS) is 41.2. The van der Waals surface area contributed by atoms with Crippen LogP contribution in [-0.4, -0.2) is 25.3 Å². The summed E-state index contributed by atoms with van der Waals surface area (Å²) >= 11 is 0. The van der Waals surface area contributed by atoms with Crippen LogP contribution in [0.1, 0.15) is 17.9 Å². The summed E-state index contributed by atoms with van der Waals surface area (Å²) in [5.74, 6) is 0. The van der Waals surface area contributed by atoms with Gasteiger partial charge in [0.05, 0.1) is 0 Å². The van der Waals surface area contributed by atoms with Gasteiger partial charge in [0.2, 0.25) is 0 Å². The summed E-state index contributed by atoms with van der Waals surface area (Å²) in [6, 6.07) is 0. The zero-order valence-electron chi connectivity index (χ0n) is 10.9. The molecular formula is C4H11N. The molecule has 0 aliphatic rings. The average Bonchev–Trinajstić information content (AvgIpc) is 1.44. The highest BCUT2D eigenvalue weighted by atomic mass is 15.0. The van der Waals surface area contributed by atoms with Crippen LogP contribution >= 0.6 is 0 Å². The van der Waals surface area contributed by atoms with E-state index in [1.165, 1.54) is 0 Å². The molecule has 1 nitrogen and oxygen atoms in total. The fourth-order valence-corrected chi connectivity index (χ4v) is 0. The molecule has 1 heteroatoms. The van der Waals surface area contributed by atoms with E-state index in [2.05, 4.69) is 0 Å². The second-order valence-electron chi connectivity index (χ2n) is 0.559. The molecule has 0 spiro atoms. The van der Waals surface area contributed by atoms with Crippen LogP contribution < -0.4 is 0 Å². The lowest BCUT2D eigenvalue weighted by molar-refractivity contribution is 0.434. The van der Waals surface area contributed by atoms with Crippen molar-refractivity contribution in [2.75, 3.05) is 20.4 Å². The largest absolute Gasteiger partial charge is 0.310 e. The zero-order chi connectivity index (χ0) is 11.1. The predicted octanol–water partition coefficient (Wildman–Crippen LogP) is 0.568. The molecular weight excluding hydrogens is 62.1 g/mol. The van der Waals surface area contributed by atoms with E-state index >= 15 is 0 Å². The molecule has 0 fully saturated rings. The lowest BCUT2D eigenvalue weighted by Gasteiger charge is -2.00. The van der Waals surface area contributed by atoms with Gasteiger partial charge in [-0.15, -0.1) is 0 Å². The monoisotopic (exact) mass is 81.1 g/mol. The van der Waals surface area contributed by atoms with Crippen LogP contribution in [0.2, 0.25) is 0 Å². The molecule has 0 aliphatic carbocycles. The minimum Gasteiger partial charge on any atom is -0.310 e. The Morgan fingerprint density at radius 1 is 2.00 bits per heavy atom. The maximum absolute atomic E-state index is 7.07. The van der Waals surface area contributed by atoms with Gasteiger partial charge in [-0.2, -0.15) is 0 Å². The summed E-state index contributed by atoms with van der Waals surface area (Å²) in [5.41, 5.74) is 0. The Balaban J connectivity index is 5.02. The molecule has 0 bridgehead atoms. The van der Waals surface area contributed by atoms with Crippen LogP contribution in [0.4, 0.5) is 0 Å². The summed E-state index contributed by atoms with van der Waals surface area (Å²) in [5, 5.41) is 0. The zero-order valence-corrected chi connectivity index (χ0v) is 2.95. The second-order valence-corrected chi connectivity index (χ2v) is 0.559. The van der Waals surface area contributed by atoms with Crippen molar-refractivity contribution in [3.05, 3.63) is 0 Å². The molecule has 0 unspecified atom stereocenters. The SMILES string of the molecule is [2H]C([2H])([2H])N(C([2H])([2H])[2H])C([2H])([2H])C. The van der Waals surface area contributed by atoms with Crippen LogP contribution in [0.15, 0.2) is 0 Å². The molecule has 0 saturated carbocycles. The molecule has 0 aliphatic heterocycles. The quantitative estimate of drug-likeness (QED) is 0.446. The molecule has 5 heavy (non-hydrogen) atoms. The van der Waals surface area contributed by atoms with Gasteiger partial charge in [-0.25, -0.2) is 0 Å². The van der Waals surface area contributed by atoms with Crippen LogP contribution in [0.3, 0.4) is 0 Å². The Labute approximate surface area is 44.8 Å². The van der Waals surface area contributed by atoms with E-state index in [0.717, 1.165) is 6.92 Å². The fraction of sp³-hybridized carbons (Fsp3) is 1.00. The Morgan fingerprint density at radius 3 is 2.60 bits per heavy atom. The van der Waals surface area contributed by atoms with Crippen molar-refractivity contribution >= 4 is 0 Å². The van der Waals surface area contributed by atoms with E-state index in [1.807, 2.05) is 0 Å². The molecule has 32 valence electrons. The first-order valence-electron chi connectivity index (χ1n) is 5.17. The van der Waals surface area contributed by atoms with Gasteiger partial charge in [0.1, 0.15) is 0 Å².